The average Bonchev–Trinajstić information content (AvgIpc) is 2.58. The number of hydrogen-bond donors (Lipinski definition) is 0. The zero-order chi connectivity index (χ0) is 18.4. The van der Waals surface area contributed by atoms with Crippen molar-refractivity contribution < 1.29 is 9.53 Å². The number of nitriles is 1. The molecule has 2 rings (SSSR count). The fourth-order valence-electron chi connectivity index (χ4n) is 2.24. The van der Waals surface area contributed by atoms with Gasteiger partial charge in [0, 0.05) is 14.1 Å². The van der Waals surface area contributed by atoms with Gasteiger partial charge in [0.2, 0.25) is 0 Å². The number of hydrogen-bond acceptors (Lipinski definition) is 3. The Bertz CT molecular complexity index is 851. The second kappa shape index (κ2) is 8.50. The fourth-order valence-corrected chi connectivity index (χ4v) is 2.75. The first-order chi connectivity index (χ1) is 11.9. The van der Waals surface area contributed by atoms with Gasteiger partial charge >= 0.3 is 0 Å². The maximum Gasteiger partial charge on any atom is 0.264 e. The molecule has 0 unspecified atom stereocenters. The number of benzene rings is 2. The van der Waals surface area contributed by atoms with Crippen LogP contribution in [0, 0.1) is 18.3 Å². The van der Waals surface area contributed by atoms with E-state index in [9.17, 15) is 4.79 Å². The van der Waals surface area contributed by atoms with Gasteiger partial charge in [0.05, 0.1) is 4.47 Å². The Labute approximate surface area is 156 Å². The summed E-state index contributed by atoms with van der Waals surface area (Å²) in [4.78, 5) is 13.3. The van der Waals surface area contributed by atoms with Crippen molar-refractivity contribution in [1.29, 1.82) is 5.26 Å². The number of likely N-dealkylation sites (N-methyl/N-ethyl adjacent to an activating group) is 1. The summed E-state index contributed by atoms with van der Waals surface area (Å²) in [6.45, 7) is 2.51. The highest BCUT2D eigenvalue weighted by Crippen LogP contribution is 2.28. The van der Waals surface area contributed by atoms with Gasteiger partial charge in [-0.2, -0.15) is 5.26 Å². The van der Waals surface area contributed by atoms with Crippen LogP contribution in [0.3, 0.4) is 0 Å². The summed E-state index contributed by atoms with van der Waals surface area (Å²) in [7, 11) is 3.23. The molecular formula is C20H19BrN2O2. The van der Waals surface area contributed by atoms with E-state index in [0.717, 1.165) is 15.6 Å². The summed E-state index contributed by atoms with van der Waals surface area (Å²) in [5.41, 5.74) is 3.13. The minimum Gasteiger partial charge on any atom is -0.488 e. The van der Waals surface area contributed by atoms with Crippen LogP contribution in [0.5, 0.6) is 5.75 Å². The van der Waals surface area contributed by atoms with Gasteiger partial charge in [0.15, 0.2) is 0 Å². The first-order valence-electron chi connectivity index (χ1n) is 7.72. The number of amides is 1. The first kappa shape index (κ1) is 18.8. The molecule has 0 aliphatic heterocycles. The zero-order valence-corrected chi connectivity index (χ0v) is 16.0. The molecule has 0 saturated carbocycles. The maximum atomic E-state index is 11.9. The summed E-state index contributed by atoms with van der Waals surface area (Å²) in [5, 5.41) is 9.16. The minimum absolute atomic E-state index is 0.0883. The van der Waals surface area contributed by atoms with Crippen LogP contribution in [-0.2, 0) is 11.4 Å². The van der Waals surface area contributed by atoms with Crippen molar-refractivity contribution in [3.8, 4) is 11.8 Å². The van der Waals surface area contributed by atoms with E-state index in [4.69, 9.17) is 10.00 Å². The van der Waals surface area contributed by atoms with Crippen molar-refractivity contribution in [3.05, 3.63) is 69.2 Å². The molecule has 0 N–H and O–H groups in total. The van der Waals surface area contributed by atoms with E-state index >= 15 is 0 Å². The molecular weight excluding hydrogens is 380 g/mol. The van der Waals surface area contributed by atoms with Gasteiger partial charge in [-0.1, -0.05) is 35.9 Å². The van der Waals surface area contributed by atoms with Crippen molar-refractivity contribution in [2.75, 3.05) is 14.1 Å². The van der Waals surface area contributed by atoms with E-state index < -0.39 is 0 Å². The summed E-state index contributed by atoms with van der Waals surface area (Å²) in [5.74, 6) is 0.384. The Morgan fingerprint density at radius 2 is 2.04 bits per heavy atom. The number of nitrogens with zero attached hydrogens (tertiary/aromatic N) is 2. The number of ether oxygens (including phenoxy) is 1. The second-order valence-electron chi connectivity index (χ2n) is 5.84. The summed E-state index contributed by atoms with van der Waals surface area (Å²) in [6.07, 6.45) is 1.57. The molecule has 25 heavy (non-hydrogen) atoms. The number of halogens is 1. The SMILES string of the molecule is Cc1cccc(COc2ccc(/C=C(/C#N)C(=O)N(C)C)cc2Br)c1. The van der Waals surface area contributed by atoms with Crippen molar-refractivity contribution in [2.24, 2.45) is 0 Å². The molecule has 5 heteroatoms. The van der Waals surface area contributed by atoms with Crippen LogP contribution < -0.4 is 4.74 Å². The molecule has 2 aromatic carbocycles. The van der Waals surface area contributed by atoms with Crippen LogP contribution in [0.15, 0.2) is 52.5 Å². The molecule has 2 aromatic rings. The smallest absolute Gasteiger partial charge is 0.264 e. The quantitative estimate of drug-likeness (QED) is 0.556. The van der Waals surface area contributed by atoms with Gasteiger partial charge in [0.25, 0.3) is 5.91 Å². The molecule has 0 saturated heterocycles. The van der Waals surface area contributed by atoms with Crippen LogP contribution in [0.2, 0.25) is 0 Å². The Balaban J connectivity index is 2.15. The zero-order valence-electron chi connectivity index (χ0n) is 14.4. The second-order valence-corrected chi connectivity index (χ2v) is 6.69. The Hall–Kier alpha value is -2.58. The van der Waals surface area contributed by atoms with Crippen LogP contribution in [-0.4, -0.2) is 24.9 Å². The number of carbonyl (C=O) groups excluding carboxylic acids is 1. The summed E-state index contributed by atoms with van der Waals surface area (Å²) >= 11 is 3.48. The van der Waals surface area contributed by atoms with Crippen LogP contribution in [0.1, 0.15) is 16.7 Å². The van der Waals surface area contributed by atoms with Crippen LogP contribution in [0.4, 0.5) is 0 Å². The third-order valence-electron chi connectivity index (χ3n) is 3.50. The number of aryl methyl sites for hydroxylation is 1. The molecule has 1 amide bonds. The largest absolute Gasteiger partial charge is 0.488 e. The first-order valence-corrected chi connectivity index (χ1v) is 8.51. The Morgan fingerprint density at radius 1 is 1.28 bits per heavy atom. The Kier molecular flexibility index (Phi) is 6.37. The van der Waals surface area contributed by atoms with E-state index in [1.54, 1.807) is 20.2 Å². The van der Waals surface area contributed by atoms with Crippen molar-refractivity contribution in [2.45, 2.75) is 13.5 Å². The van der Waals surface area contributed by atoms with Crippen LogP contribution in [0.25, 0.3) is 6.08 Å². The van der Waals surface area contributed by atoms with Crippen molar-refractivity contribution in [3.63, 3.8) is 0 Å². The maximum absolute atomic E-state index is 11.9. The van der Waals surface area contributed by atoms with Gasteiger partial charge < -0.3 is 9.64 Å². The predicted molar refractivity (Wildman–Crippen MR) is 102 cm³/mol. The molecule has 0 fully saturated rings. The van der Waals surface area contributed by atoms with Crippen LogP contribution >= 0.6 is 15.9 Å². The third-order valence-corrected chi connectivity index (χ3v) is 4.12. The topological polar surface area (TPSA) is 53.3 Å². The van der Waals surface area contributed by atoms with Gasteiger partial charge in [-0.25, -0.2) is 0 Å². The lowest BCUT2D eigenvalue weighted by molar-refractivity contribution is -0.124. The average molecular weight is 399 g/mol. The third kappa shape index (κ3) is 5.20. The highest BCUT2D eigenvalue weighted by Gasteiger charge is 2.11. The molecule has 0 spiro atoms. The highest BCUT2D eigenvalue weighted by molar-refractivity contribution is 9.10. The predicted octanol–water partition coefficient (Wildman–Crippen LogP) is 4.33. The molecule has 0 aliphatic carbocycles. The molecule has 4 nitrogen and oxygen atoms in total. The summed E-state index contributed by atoms with van der Waals surface area (Å²) < 4.78 is 6.61. The van der Waals surface area contributed by atoms with Gasteiger partial charge in [-0.05, 0) is 52.2 Å². The van der Waals surface area contributed by atoms with E-state index in [1.807, 2.05) is 49.4 Å². The van der Waals surface area contributed by atoms with Gasteiger partial charge in [-0.3, -0.25) is 4.79 Å². The van der Waals surface area contributed by atoms with E-state index in [2.05, 4.69) is 22.0 Å². The lowest BCUT2D eigenvalue weighted by atomic mass is 10.1. The minimum atomic E-state index is -0.321. The molecule has 0 bridgehead atoms. The molecule has 0 aromatic heterocycles. The van der Waals surface area contributed by atoms with Crippen molar-refractivity contribution >= 4 is 27.9 Å². The van der Waals surface area contributed by atoms with E-state index in [1.165, 1.54) is 10.5 Å². The number of rotatable bonds is 5. The molecule has 0 heterocycles. The lowest BCUT2D eigenvalue weighted by Gasteiger charge is -2.10. The highest BCUT2D eigenvalue weighted by atomic mass is 79.9. The van der Waals surface area contributed by atoms with Gasteiger partial charge in [-0.15, -0.1) is 0 Å². The normalized spacial score (nSPS) is 10.9. The molecule has 0 aliphatic rings. The van der Waals surface area contributed by atoms with Crippen molar-refractivity contribution in [1.82, 2.24) is 4.90 Å². The standard InChI is InChI=1S/C20H19BrN2O2/c1-14-5-4-6-16(9-14)13-25-19-8-7-15(11-18(19)21)10-17(12-22)20(24)23(2)3/h4-11H,13H2,1-3H3/b17-10-. The summed E-state index contributed by atoms with van der Waals surface area (Å²) in [6, 6.07) is 15.5. The fraction of sp³-hybridized carbons (Fsp3) is 0.200. The van der Waals surface area contributed by atoms with E-state index in [0.29, 0.717) is 12.4 Å². The number of carbonyl (C=O) groups is 1. The van der Waals surface area contributed by atoms with Gasteiger partial charge in [0.1, 0.15) is 24.0 Å². The molecule has 128 valence electrons. The molecule has 0 radical (unpaired) electrons. The Morgan fingerprint density at radius 3 is 2.64 bits per heavy atom. The van der Waals surface area contributed by atoms with E-state index in [-0.39, 0.29) is 11.5 Å². The molecule has 0 atom stereocenters. The monoisotopic (exact) mass is 398 g/mol. The lowest BCUT2D eigenvalue weighted by Crippen LogP contribution is -2.22.